The minimum absolute atomic E-state index is 0. The summed E-state index contributed by atoms with van der Waals surface area (Å²) in [5.41, 5.74) is 12.2. The monoisotopic (exact) mass is 730 g/mol. The van der Waals surface area contributed by atoms with Crippen molar-refractivity contribution in [2.75, 3.05) is 13.2 Å². The lowest BCUT2D eigenvalue weighted by Crippen LogP contribution is -2.29. The molecular formula is C36H39ClN8O7. The maximum Gasteiger partial charge on any atom is 0.338 e. The highest BCUT2D eigenvalue weighted by Crippen LogP contribution is 2.36. The topological polar surface area (TPSA) is 199 Å². The van der Waals surface area contributed by atoms with Crippen LogP contribution < -0.4 is 20.5 Å². The Kier molecular flexibility index (Phi) is 11.8. The SMILES string of the molecule is CCc1cc(-c2ccc3c(c2)OC[C@H]3N)no1.CCc1cc(-c2ccc3c(c2)OC[C@H]3NC(=O)c2cnn(C)c2)no1.Cl.Cn1cc(C(=O)O)cn1. The predicted octanol–water partition coefficient (Wildman–Crippen LogP) is 5.34. The normalized spacial score (nSPS) is 15.0. The van der Waals surface area contributed by atoms with Gasteiger partial charge in [-0.05, 0) is 12.1 Å². The molecule has 272 valence electrons. The summed E-state index contributed by atoms with van der Waals surface area (Å²) in [5, 5.41) is 27.1. The number of aromatic carboxylic acids is 1. The molecule has 0 spiro atoms. The second-order valence-electron chi connectivity index (χ2n) is 11.9. The molecule has 0 fully saturated rings. The third-order valence-corrected chi connectivity index (χ3v) is 8.26. The van der Waals surface area contributed by atoms with Gasteiger partial charge in [-0.2, -0.15) is 10.2 Å². The summed E-state index contributed by atoms with van der Waals surface area (Å²) in [6.07, 6.45) is 7.64. The average Bonchev–Trinajstić information content (AvgIpc) is 3.99. The smallest absolute Gasteiger partial charge is 0.338 e. The first-order chi connectivity index (χ1) is 24.6. The van der Waals surface area contributed by atoms with Gasteiger partial charge in [-0.15, -0.1) is 12.4 Å². The maximum atomic E-state index is 12.3. The zero-order chi connectivity index (χ0) is 36.1. The Balaban J connectivity index is 0.000000167. The van der Waals surface area contributed by atoms with E-state index >= 15 is 0 Å². The third-order valence-electron chi connectivity index (χ3n) is 8.26. The number of amides is 1. The van der Waals surface area contributed by atoms with Gasteiger partial charge in [0.15, 0.2) is 0 Å². The van der Waals surface area contributed by atoms with E-state index in [1.165, 1.54) is 17.1 Å². The van der Waals surface area contributed by atoms with Gasteiger partial charge in [0.1, 0.15) is 47.6 Å². The molecule has 4 aromatic heterocycles. The van der Waals surface area contributed by atoms with Crippen molar-refractivity contribution >= 4 is 24.3 Å². The van der Waals surface area contributed by atoms with Crippen LogP contribution in [0.5, 0.6) is 11.5 Å². The standard InChI is InChI=1S/C18H18N4O3.C13H14N2O2.C5H6N2O2.ClH/c1-3-13-7-15(21-25-13)11-4-5-14-16(10-24-17(14)6-11)20-18(23)12-8-19-22(2)9-12;1-2-9-6-12(15-17-9)8-3-4-10-11(14)7-16-13(10)5-8;1-7-3-4(2-6-7)5(8)9;/h4-9,16H,3,10H2,1-2H3,(H,20,23);3-6,11H,2,7,14H2,1H3;2-3H,1H3,(H,8,9);1H/t16-;11-;;/m11../s1. The minimum Gasteiger partial charge on any atom is -0.491 e. The number of aromatic nitrogens is 6. The van der Waals surface area contributed by atoms with Crippen LogP contribution in [0.4, 0.5) is 0 Å². The Labute approximate surface area is 305 Å². The molecule has 6 heterocycles. The molecule has 2 aromatic carbocycles. The van der Waals surface area contributed by atoms with Crippen molar-refractivity contribution in [3.05, 3.63) is 107 Å². The fourth-order valence-corrected chi connectivity index (χ4v) is 5.43. The highest BCUT2D eigenvalue weighted by atomic mass is 35.5. The first-order valence-corrected chi connectivity index (χ1v) is 16.3. The lowest BCUT2D eigenvalue weighted by molar-refractivity contribution is 0.0696. The van der Waals surface area contributed by atoms with Gasteiger partial charge in [0.25, 0.3) is 5.91 Å². The van der Waals surface area contributed by atoms with Crippen LogP contribution in [-0.4, -0.2) is 60.1 Å². The van der Waals surface area contributed by atoms with E-state index in [1.54, 1.807) is 31.2 Å². The molecule has 0 unspecified atom stereocenters. The van der Waals surface area contributed by atoms with Crippen LogP contribution in [0, 0.1) is 0 Å². The van der Waals surface area contributed by atoms with E-state index in [-0.39, 0.29) is 36.0 Å². The van der Waals surface area contributed by atoms with Crippen molar-refractivity contribution in [1.82, 2.24) is 35.2 Å². The second-order valence-corrected chi connectivity index (χ2v) is 11.9. The average molecular weight is 731 g/mol. The van der Waals surface area contributed by atoms with Crippen molar-refractivity contribution in [3.63, 3.8) is 0 Å². The van der Waals surface area contributed by atoms with Crippen molar-refractivity contribution in [2.45, 2.75) is 38.8 Å². The first-order valence-electron chi connectivity index (χ1n) is 16.3. The molecule has 0 radical (unpaired) electrons. The van der Waals surface area contributed by atoms with Gasteiger partial charge in [-0.25, -0.2) is 4.79 Å². The number of nitrogens with one attached hydrogen (secondary N) is 1. The Morgan fingerprint density at radius 2 is 1.33 bits per heavy atom. The number of rotatable bonds is 7. The molecule has 15 nitrogen and oxygen atoms in total. The predicted molar refractivity (Wildman–Crippen MR) is 191 cm³/mol. The van der Waals surface area contributed by atoms with Crippen LogP contribution >= 0.6 is 12.4 Å². The van der Waals surface area contributed by atoms with E-state index in [0.717, 1.165) is 69.5 Å². The molecule has 6 aromatic rings. The van der Waals surface area contributed by atoms with Gasteiger partial charge in [0, 0.05) is 73.7 Å². The molecule has 2 aliphatic rings. The van der Waals surface area contributed by atoms with Crippen LogP contribution in [-0.2, 0) is 26.9 Å². The zero-order valence-corrected chi connectivity index (χ0v) is 29.8. The van der Waals surface area contributed by atoms with E-state index < -0.39 is 5.97 Å². The molecule has 2 atom stereocenters. The molecule has 8 rings (SSSR count). The number of ether oxygens (including phenoxy) is 2. The van der Waals surface area contributed by atoms with Crippen LogP contribution in [0.1, 0.15) is 69.3 Å². The van der Waals surface area contributed by atoms with Crippen molar-refractivity contribution in [3.8, 4) is 34.0 Å². The Bertz CT molecular complexity index is 2150. The van der Waals surface area contributed by atoms with Gasteiger partial charge in [-0.3, -0.25) is 14.2 Å². The number of fused-ring (bicyclic) bond motifs is 2. The second kappa shape index (κ2) is 16.4. The van der Waals surface area contributed by atoms with E-state index in [9.17, 15) is 9.59 Å². The quantitative estimate of drug-likeness (QED) is 0.191. The summed E-state index contributed by atoms with van der Waals surface area (Å²) in [5.74, 6) is 2.24. The summed E-state index contributed by atoms with van der Waals surface area (Å²) >= 11 is 0. The molecule has 0 saturated carbocycles. The largest absolute Gasteiger partial charge is 0.491 e. The number of carboxylic acid groups (broad SMARTS) is 1. The highest BCUT2D eigenvalue weighted by Gasteiger charge is 2.27. The molecule has 2 aliphatic heterocycles. The molecule has 52 heavy (non-hydrogen) atoms. The van der Waals surface area contributed by atoms with Gasteiger partial charge in [0.05, 0.1) is 35.6 Å². The van der Waals surface area contributed by atoms with Gasteiger partial charge < -0.3 is 34.7 Å². The number of benzene rings is 2. The third kappa shape index (κ3) is 8.50. The lowest BCUT2D eigenvalue weighted by atomic mass is 10.0. The molecule has 0 bridgehead atoms. The number of halogens is 1. The number of carboxylic acids is 1. The van der Waals surface area contributed by atoms with Crippen LogP contribution in [0.2, 0.25) is 0 Å². The van der Waals surface area contributed by atoms with Crippen LogP contribution in [0.3, 0.4) is 0 Å². The van der Waals surface area contributed by atoms with Crippen LogP contribution in [0.25, 0.3) is 22.5 Å². The van der Waals surface area contributed by atoms with Gasteiger partial charge >= 0.3 is 5.97 Å². The summed E-state index contributed by atoms with van der Waals surface area (Å²) in [4.78, 5) is 22.5. The molecule has 4 N–H and O–H groups in total. The van der Waals surface area contributed by atoms with E-state index in [4.69, 9.17) is 29.4 Å². The van der Waals surface area contributed by atoms with Crippen molar-refractivity contribution < 1.29 is 33.2 Å². The molecular weight excluding hydrogens is 692 g/mol. The zero-order valence-electron chi connectivity index (χ0n) is 29.0. The molecule has 0 aliphatic carbocycles. The summed E-state index contributed by atoms with van der Waals surface area (Å²) < 4.78 is 24.8. The van der Waals surface area contributed by atoms with Crippen molar-refractivity contribution in [2.24, 2.45) is 19.8 Å². The maximum absolute atomic E-state index is 12.3. The number of hydrogen-bond acceptors (Lipinski definition) is 11. The molecule has 1 amide bonds. The van der Waals surface area contributed by atoms with Gasteiger partial charge in [-0.1, -0.05) is 48.4 Å². The summed E-state index contributed by atoms with van der Waals surface area (Å²) in [7, 11) is 3.45. The van der Waals surface area contributed by atoms with E-state index in [2.05, 4.69) is 25.8 Å². The van der Waals surface area contributed by atoms with Crippen molar-refractivity contribution in [1.29, 1.82) is 0 Å². The first kappa shape index (κ1) is 37.3. The minimum atomic E-state index is -0.942. The Morgan fingerprint density at radius 1 is 0.808 bits per heavy atom. The summed E-state index contributed by atoms with van der Waals surface area (Å²) in [6, 6.07) is 15.5. The number of hydrogen-bond donors (Lipinski definition) is 3. The lowest BCUT2D eigenvalue weighted by Gasteiger charge is -2.10. The number of carbonyl (C=O) groups is 2. The number of carbonyl (C=O) groups excluding carboxylic acids is 1. The molecule has 16 heteroatoms. The van der Waals surface area contributed by atoms with E-state index in [1.807, 2.05) is 62.4 Å². The Hall–Kier alpha value is -5.93. The number of nitrogens with zero attached hydrogens (tertiary/aromatic N) is 6. The number of nitrogens with two attached hydrogens (primary N) is 1. The van der Waals surface area contributed by atoms with Crippen LogP contribution in [0.15, 0.2) is 82.4 Å². The highest BCUT2D eigenvalue weighted by molar-refractivity contribution is 5.94. The number of aryl methyl sites for hydroxylation is 4. The van der Waals surface area contributed by atoms with E-state index in [0.29, 0.717) is 18.8 Å². The van der Waals surface area contributed by atoms with Gasteiger partial charge in [0.2, 0.25) is 0 Å². The Morgan fingerprint density at radius 3 is 1.81 bits per heavy atom. The molecule has 0 saturated heterocycles. The fraction of sp³-hybridized carbons (Fsp3) is 0.278. The fourth-order valence-electron chi connectivity index (χ4n) is 5.43. The summed E-state index contributed by atoms with van der Waals surface area (Å²) in [6.45, 7) is 5.02.